The average Bonchev–Trinajstić information content (AvgIpc) is 2.81. The van der Waals surface area contributed by atoms with Crippen LogP contribution < -0.4 is 5.32 Å². The van der Waals surface area contributed by atoms with Gasteiger partial charge in [0.15, 0.2) is 0 Å². The number of benzene rings is 1. The number of carbonyl (C=O) groups excluding carboxylic acids is 1. The molecule has 0 aliphatic heterocycles. The zero-order valence-electron chi connectivity index (χ0n) is 11.0. The first-order chi connectivity index (χ1) is 9.91. The predicted molar refractivity (Wildman–Crippen MR) is 68.7 cm³/mol. The van der Waals surface area contributed by atoms with E-state index in [1.807, 2.05) is 0 Å². The molecule has 1 aromatic rings. The van der Waals surface area contributed by atoms with Crippen molar-refractivity contribution in [2.24, 2.45) is 5.92 Å². The lowest BCUT2D eigenvalue weighted by molar-refractivity contribution is -0.387. The Labute approximate surface area is 118 Å². The van der Waals surface area contributed by atoms with Gasteiger partial charge in [-0.1, -0.05) is 6.42 Å². The summed E-state index contributed by atoms with van der Waals surface area (Å²) in [6.45, 7) is 0.0710. The molecule has 0 aromatic heterocycles. The van der Waals surface area contributed by atoms with Crippen LogP contribution in [0, 0.1) is 27.7 Å². The minimum atomic E-state index is -1.50. The number of aliphatic hydroxyl groups excluding tert-OH is 1. The summed E-state index contributed by atoms with van der Waals surface area (Å²) in [4.78, 5) is 21.4. The van der Waals surface area contributed by atoms with Crippen molar-refractivity contribution in [3.8, 4) is 0 Å². The Morgan fingerprint density at radius 2 is 2.14 bits per heavy atom. The number of amides is 1. The van der Waals surface area contributed by atoms with E-state index in [4.69, 9.17) is 0 Å². The maximum Gasteiger partial charge on any atom is 0.305 e. The lowest BCUT2D eigenvalue weighted by Gasteiger charge is -2.15. The molecule has 2 rings (SSSR count). The van der Waals surface area contributed by atoms with Gasteiger partial charge in [0.1, 0.15) is 11.4 Å². The van der Waals surface area contributed by atoms with Gasteiger partial charge in [0.2, 0.25) is 5.82 Å². The number of rotatable bonds is 4. The molecule has 1 amide bonds. The van der Waals surface area contributed by atoms with Crippen molar-refractivity contribution in [2.45, 2.75) is 25.4 Å². The second-order valence-corrected chi connectivity index (χ2v) is 4.98. The highest BCUT2D eigenvalue weighted by atomic mass is 19.1. The molecule has 1 fully saturated rings. The summed E-state index contributed by atoms with van der Waals surface area (Å²) in [5.74, 6) is -3.89. The number of hydrogen-bond donors (Lipinski definition) is 2. The molecule has 6 nitrogen and oxygen atoms in total. The molecule has 1 aliphatic rings. The van der Waals surface area contributed by atoms with Crippen LogP contribution in [-0.2, 0) is 0 Å². The fraction of sp³-hybridized carbons (Fsp3) is 0.462. The van der Waals surface area contributed by atoms with Gasteiger partial charge >= 0.3 is 5.69 Å². The summed E-state index contributed by atoms with van der Waals surface area (Å²) in [7, 11) is 0. The van der Waals surface area contributed by atoms with Gasteiger partial charge in [-0.2, -0.15) is 4.39 Å². The van der Waals surface area contributed by atoms with Crippen molar-refractivity contribution in [1.29, 1.82) is 0 Å². The largest absolute Gasteiger partial charge is 0.393 e. The zero-order chi connectivity index (χ0) is 15.6. The van der Waals surface area contributed by atoms with Crippen molar-refractivity contribution < 1.29 is 23.6 Å². The number of carbonyl (C=O) groups is 1. The van der Waals surface area contributed by atoms with Crippen LogP contribution in [0.25, 0.3) is 0 Å². The number of nitrogens with zero attached hydrogens (tertiary/aromatic N) is 1. The van der Waals surface area contributed by atoms with E-state index in [9.17, 15) is 28.8 Å². The van der Waals surface area contributed by atoms with Crippen molar-refractivity contribution in [3.63, 3.8) is 0 Å². The van der Waals surface area contributed by atoms with Gasteiger partial charge in [-0.15, -0.1) is 0 Å². The zero-order valence-corrected chi connectivity index (χ0v) is 11.0. The molecular weight excluding hydrogens is 286 g/mol. The van der Waals surface area contributed by atoms with Crippen molar-refractivity contribution in [1.82, 2.24) is 5.32 Å². The number of nitro groups is 1. The van der Waals surface area contributed by atoms with Crippen LogP contribution in [0.4, 0.5) is 14.5 Å². The van der Waals surface area contributed by atoms with E-state index in [0.29, 0.717) is 25.0 Å². The highest BCUT2D eigenvalue weighted by Gasteiger charge is 2.29. The van der Waals surface area contributed by atoms with Gasteiger partial charge in [0.25, 0.3) is 5.91 Å². The van der Waals surface area contributed by atoms with Crippen molar-refractivity contribution >= 4 is 11.6 Å². The Hall–Kier alpha value is -2.09. The van der Waals surface area contributed by atoms with E-state index in [2.05, 4.69) is 5.32 Å². The predicted octanol–water partition coefficient (Wildman–Crippen LogP) is 1.76. The lowest BCUT2D eigenvalue weighted by atomic mass is 10.1. The molecule has 1 saturated carbocycles. The second kappa shape index (κ2) is 6.13. The van der Waals surface area contributed by atoms with Gasteiger partial charge in [0, 0.05) is 18.5 Å². The van der Waals surface area contributed by atoms with Crippen molar-refractivity contribution in [3.05, 3.63) is 39.4 Å². The number of nitrogens with one attached hydrogen (secondary N) is 1. The molecule has 0 heterocycles. The Balaban J connectivity index is 2.15. The van der Waals surface area contributed by atoms with E-state index >= 15 is 0 Å². The fourth-order valence-electron chi connectivity index (χ4n) is 2.46. The second-order valence-electron chi connectivity index (χ2n) is 4.98. The molecule has 1 aromatic carbocycles. The molecule has 2 unspecified atom stereocenters. The quantitative estimate of drug-likeness (QED) is 0.654. The summed E-state index contributed by atoms with van der Waals surface area (Å²) in [6, 6.07) is 1.35. The summed E-state index contributed by atoms with van der Waals surface area (Å²) in [5.41, 5.74) is -1.93. The molecule has 114 valence electrons. The maximum absolute atomic E-state index is 13.8. The molecule has 1 aliphatic carbocycles. The fourth-order valence-corrected chi connectivity index (χ4v) is 2.46. The smallest absolute Gasteiger partial charge is 0.305 e. The number of nitro benzene ring substituents is 1. The third-order valence-electron chi connectivity index (χ3n) is 3.64. The van der Waals surface area contributed by atoms with Crippen LogP contribution in [0.3, 0.4) is 0 Å². The molecule has 8 heteroatoms. The SMILES string of the molecule is O=C(NCC1CCCC1O)c1c(F)ccc([N+](=O)[O-])c1F. The normalized spacial score (nSPS) is 21.3. The molecule has 0 spiro atoms. The number of hydrogen-bond acceptors (Lipinski definition) is 4. The molecule has 0 radical (unpaired) electrons. The Morgan fingerprint density at radius 1 is 1.43 bits per heavy atom. The third kappa shape index (κ3) is 3.15. The third-order valence-corrected chi connectivity index (χ3v) is 3.64. The summed E-state index contributed by atoms with van der Waals surface area (Å²) in [6.07, 6.45) is 1.60. The molecular formula is C13H14F2N2O4. The van der Waals surface area contributed by atoms with Crippen LogP contribution in [0.2, 0.25) is 0 Å². The van der Waals surface area contributed by atoms with Crippen LogP contribution in [0.15, 0.2) is 12.1 Å². The van der Waals surface area contributed by atoms with E-state index in [1.54, 1.807) is 0 Å². The average molecular weight is 300 g/mol. The van der Waals surface area contributed by atoms with Gasteiger partial charge in [-0.3, -0.25) is 14.9 Å². The first-order valence-corrected chi connectivity index (χ1v) is 6.50. The minimum Gasteiger partial charge on any atom is -0.393 e. The van der Waals surface area contributed by atoms with Crippen LogP contribution in [-0.4, -0.2) is 28.6 Å². The number of halogens is 2. The Morgan fingerprint density at radius 3 is 2.71 bits per heavy atom. The maximum atomic E-state index is 13.8. The molecule has 2 atom stereocenters. The molecule has 2 N–H and O–H groups in total. The van der Waals surface area contributed by atoms with Gasteiger partial charge in [0.05, 0.1) is 11.0 Å². The summed E-state index contributed by atoms with van der Waals surface area (Å²) >= 11 is 0. The summed E-state index contributed by atoms with van der Waals surface area (Å²) < 4.78 is 27.4. The van der Waals surface area contributed by atoms with Gasteiger partial charge in [-0.05, 0) is 18.9 Å². The van der Waals surface area contributed by atoms with Crippen LogP contribution in [0.5, 0.6) is 0 Å². The Kier molecular flexibility index (Phi) is 4.46. The van der Waals surface area contributed by atoms with Crippen LogP contribution in [0.1, 0.15) is 29.6 Å². The monoisotopic (exact) mass is 300 g/mol. The standard InChI is InChI=1S/C13H14F2N2O4/c14-8-4-5-9(17(20)21)12(15)11(8)13(19)16-6-7-2-1-3-10(7)18/h4-5,7,10,18H,1-3,6H2,(H,16,19). The van der Waals surface area contributed by atoms with E-state index < -0.39 is 39.8 Å². The Bertz CT molecular complexity index is 580. The van der Waals surface area contributed by atoms with E-state index in [1.165, 1.54) is 0 Å². The summed E-state index contributed by atoms with van der Waals surface area (Å²) in [5, 5.41) is 22.5. The molecule has 0 saturated heterocycles. The topological polar surface area (TPSA) is 92.5 Å². The first kappa shape index (κ1) is 15.3. The van der Waals surface area contributed by atoms with Crippen LogP contribution >= 0.6 is 0 Å². The highest BCUT2D eigenvalue weighted by molar-refractivity contribution is 5.95. The molecule has 21 heavy (non-hydrogen) atoms. The molecule has 0 bridgehead atoms. The minimum absolute atomic E-state index is 0.0710. The van der Waals surface area contributed by atoms with Crippen molar-refractivity contribution in [2.75, 3.05) is 6.54 Å². The van der Waals surface area contributed by atoms with Gasteiger partial charge < -0.3 is 10.4 Å². The highest BCUT2D eigenvalue weighted by Crippen LogP contribution is 2.26. The first-order valence-electron chi connectivity index (χ1n) is 6.50. The van der Waals surface area contributed by atoms with E-state index in [0.717, 1.165) is 6.42 Å². The number of aliphatic hydroxyl groups is 1. The van der Waals surface area contributed by atoms with E-state index in [-0.39, 0.29) is 12.5 Å². The van der Waals surface area contributed by atoms with Gasteiger partial charge in [-0.25, -0.2) is 4.39 Å². The lowest BCUT2D eigenvalue weighted by Crippen LogP contribution is -2.33.